The third-order valence-electron chi connectivity index (χ3n) is 2.79. The number of benzene rings is 1. The molecule has 0 aliphatic carbocycles. The predicted molar refractivity (Wildman–Crippen MR) is 82.6 cm³/mol. The third-order valence-corrected chi connectivity index (χ3v) is 5.72. The predicted octanol–water partition coefficient (Wildman–Crippen LogP) is 3.25. The normalized spacial score (nSPS) is 11.7. The van der Waals surface area contributed by atoms with E-state index in [1.807, 2.05) is 13.0 Å². The Morgan fingerprint density at radius 1 is 1.35 bits per heavy atom. The topological polar surface area (TPSA) is 64.0 Å². The summed E-state index contributed by atoms with van der Waals surface area (Å²) in [6.45, 7) is 3.52. The highest BCUT2D eigenvalue weighted by atomic mass is 79.9. The van der Waals surface area contributed by atoms with Gasteiger partial charge < -0.3 is 0 Å². The van der Waals surface area contributed by atoms with Crippen molar-refractivity contribution in [3.05, 3.63) is 39.1 Å². The first-order chi connectivity index (χ1) is 9.22. The van der Waals surface area contributed by atoms with Crippen molar-refractivity contribution in [3.8, 4) is 0 Å². The summed E-state index contributed by atoms with van der Waals surface area (Å²) in [5, 5.41) is 4.09. The van der Waals surface area contributed by atoms with Gasteiger partial charge in [-0.05, 0) is 31.5 Å². The molecule has 0 saturated carbocycles. The molecular weight excluding hydrogens is 366 g/mol. The fraction of sp³-hybridized carbons (Fsp3) is 0.250. The van der Waals surface area contributed by atoms with Crippen LogP contribution in [0.4, 0.5) is 5.69 Å². The highest BCUT2D eigenvalue weighted by molar-refractivity contribution is 9.10. The molecule has 0 saturated heterocycles. The van der Waals surface area contributed by atoms with Gasteiger partial charge in [-0.3, -0.25) is 9.40 Å². The molecule has 2 aromatic rings. The molecule has 0 aliphatic rings. The molecule has 2 rings (SSSR count). The van der Waals surface area contributed by atoms with Crippen molar-refractivity contribution in [2.24, 2.45) is 7.05 Å². The van der Waals surface area contributed by atoms with E-state index in [0.29, 0.717) is 11.4 Å². The highest BCUT2D eigenvalue weighted by Crippen LogP contribution is 2.27. The van der Waals surface area contributed by atoms with Crippen LogP contribution in [-0.4, -0.2) is 18.2 Å². The van der Waals surface area contributed by atoms with Gasteiger partial charge in [0.05, 0.1) is 5.69 Å². The largest absolute Gasteiger partial charge is 0.279 e. The van der Waals surface area contributed by atoms with Crippen molar-refractivity contribution in [2.45, 2.75) is 18.7 Å². The molecule has 0 radical (unpaired) electrons. The first kappa shape index (κ1) is 15.3. The molecule has 8 heteroatoms. The summed E-state index contributed by atoms with van der Waals surface area (Å²) in [6.07, 6.45) is 0. The lowest BCUT2D eigenvalue weighted by atomic mass is 10.2. The van der Waals surface area contributed by atoms with E-state index in [4.69, 9.17) is 11.6 Å². The van der Waals surface area contributed by atoms with Crippen molar-refractivity contribution in [3.63, 3.8) is 0 Å². The Morgan fingerprint density at radius 3 is 2.50 bits per heavy atom. The number of hydrogen-bond acceptors (Lipinski definition) is 3. The van der Waals surface area contributed by atoms with E-state index in [9.17, 15) is 8.42 Å². The molecule has 0 unspecified atom stereocenters. The molecule has 0 atom stereocenters. The van der Waals surface area contributed by atoms with Gasteiger partial charge in [0.25, 0.3) is 10.0 Å². The van der Waals surface area contributed by atoms with Crippen molar-refractivity contribution in [1.82, 2.24) is 9.78 Å². The van der Waals surface area contributed by atoms with E-state index in [0.717, 1.165) is 10.0 Å². The lowest BCUT2D eigenvalue weighted by molar-refractivity contribution is 0.600. The summed E-state index contributed by atoms with van der Waals surface area (Å²) in [6, 6.07) is 5.21. The molecule has 0 bridgehead atoms. The van der Waals surface area contributed by atoms with Crippen LogP contribution in [0.1, 0.15) is 11.3 Å². The van der Waals surface area contributed by atoms with Gasteiger partial charge in [0.2, 0.25) is 0 Å². The van der Waals surface area contributed by atoms with Crippen LogP contribution in [0.15, 0.2) is 27.6 Å². The van der Waals surface area contributed by atoms with E-state index < -0.39 is 10.0 Å². The van der Waals surface area contributed by atoms with Crippen LogP contribution >= 0.6 is 27.5 Å². The summed E-state index contributed by atoms with van der Waals surface area (Å²) < 4.78 is 29.4. The molecule has 0 aliphatic heterocycles. The minimum Gasteiger partial charge on any atom is -0.279 e. The highest BCUT2D eigenvalue weighted by Gasteiger charge is 2.25. The van der Waals surface area contributed by atoms with E-state index in [1.165, 1.54) is 4.68 Å². The summed E-state index contributed by atoms with van der Waals surface area (Å²) in [5.74, 6) is 0. The molecule has 0 spiro atoms. The molecule has 20 heavy (non-hydrogen) atoms. The number of hydrogen-bond donors (Lipinski definition) is 1. The second kappa shape index (κ2) is 5.38. The minimum atomic E-state index is -3.77. The first-order valence-electron chi connectivity index (χ1n) is 5.70. The standard InChI is InChI=1S/C12H13BrClN3O2S/c1-7-4-5-9(6-10(7)13)16-20(18,19)11-8(2)15-17(3)12(11)14/h4-6,16H,1-3H3. The van der Waals surface area contributed by atoms with Gasteiger partial charge in [-0.2, -0.15) is 5.10 Å². The lowest BCUT2D eigenvalue weighted by Crippen LogP contribution is -2.14. The van der Waals surface area contributed by atoms with Crippen molar-refractivity contribution < 1.29 is 8.42 Å². The average molecular weight is 379 g/mol. The zero-order valence-electron chi connectivity index (χ0n) is 11.1. The van der Waals surface area contributed by atoms with E-state index >= 15 is 0 Å². The number of nitrogens with zero attached hydrogens (tertiary/aromatic N) is 2. The number of halogens is 2. The van der Waals surface area contributed by atoms with Gasteiger partial charge in [-0.25, -0.2) is 8.42 Å². The van der Waals surface area contributed by atoms with E-state index in [1.54, 1.807) is 26.1 Å². The van der Waals surface area contributed by atoms with E-state index in [2.05, 4.69) is 25.8 Å². The molecule has 1 aromatic heterocycles. The number of nitrogens with one attached hydrogen (secondary N) is 1. The van der Waals surface area contributed by atoms with Crippen LogP contribution in [-0.2, 0) is 17.1 Å². The summed E-state index contributed by atoms with van der Waals surface area (Å²) in [7, 11) is -2.18. The quantitative estimate of drug-likeness (QED) is 0.891. The number of aromatic nitrogens is 2. The van der Waals surface area contributed by atoms with E-state index in [-0.39, 0.29) is 10.0 Å². The SMILES string of the molecule is Cc1ccc(NS(=O)(=O)c2c(C)nn(C)c2Cl)cc1Br. The molecule has 0 fully saturated rings. The van der Waals surface area contributed by atoms with Crippen molar-refractivity contribution in [1.29, 1.82) is 0 Å². The number of aryl methyl sites for hydroxylation is 3. The molecule has 5 nitrogen and oxygen atoms in total. The fourth-order valence-corrected chi connectivity index (χ4v) is 3.96. The Labute approximate surface area is 131 Å². The van der Waals surface area contributed by atoms with Gasteiger partial charge in [0.15, 0.2) is 0 Å². The molecule has 1 aromatic carbocycles. The monoisotopic (exact) mass is 377 g/mol. The Hall–Kier alpha value is -1.05. The maximum atomic E-state index is 12.4. The molecule has 1 N–H and O–H groups in total. The Balaban J connectivity index is 2.43. The number of sulfonamides is 1. The van der Waals surface area contributed by atoms with Crippen LogP contribution in [0.5, 0.6) is 0 Å². The van der Waals surface area contributed by atoms with Crippen LogP contribution in [0, 0.1) is 13.8 Å². The maximum absolute atomic E-state index is 12.4. The van der Waals surface area contributed by atoms with Gasteiger partial charge in [0.1, 0.15) is 10.0 Å². The molecule has 108 valence electrons. The Kier molecular flexibility index (Phi) is 4.13. The number of rotatable bonds is 3. The lowest BCUT2D eigenvalue weighted by Gasteiger charge is -2.09. The minimum absolute atomic E-state index is 0.00151. The first-order valence-corrected chi connectivity index (χ1v) is 8.36. The van der Waals surface area contributed by atoms with Crippen LogP contribution < -0.4 is 4.72 Å². The van der Waals surface area contributed by atoms with Crippen molar-refractivity contribution in [2.75, 3.05) is 4.72 Å². The second-order valence-electron chi connectivity index (χ2n) is 4.40. The third kappa shape index (κ3) is 2.84. The second-order valence-corrected chi connectivity index (χ2v) is 7.23. The molecular formula is C12H13BrClN3O2S. The van der Waals surface area contributed by atoms with Gasteiger partial charge in [-0.1, -0.05) is 33.6 Å². The van der Waals surface area contributed by atoms with Crippen LogP contribution in [0.3, 0.4) is 0 Å². The van der Waals surface area contributed by atoms with Crippen LogP contribution in [0.25, 0.3) is 0 Å². The molecule has 0 amide bonds. The maximum Gasteiger partial charge on any atom is 0.266 e. The zero-order valence-corrected chi connectivity index (χ0v) is 14.3. The van der Waals surface area contributed by atoms with Gasteiger partial charge in [-0.15, -0.1) is 0 Å². The van der Waals surface area contributed by atoms with Gasteiger partial charge in [0, 0.05) is 17.2 Å². The summed E-state index contributed by atoms with van der Waals surface area (Å²) in [5.41, 5.74) is 1.83. The van der Waals surface area contributed by atoms with Gasteiger partial charge >= 0.3 is 0 Å². The van der Waals surface area contributed by atoms with Crippen LogP contribution in [0.2, 0.25) is 5.15 Å². The smallest absolute Gasteiger partial charge is 0.266 e. The van der Waals surface area contributed by atoms with Crippen molar-refractivity contribution >= 4 is 43.2 Å². The average Bonchev–Trinajstić information content (AvgIpc) is 2.58. The fourth-order valence-electron chi connectivity index (χ4n) is 1.78. The summed E-state index contributed by atoms with van der Waals surface area (Å²) in [4.78, 5) is -0.00151. The zero-order chi connectivity index (χ0) is 15.1. The summed E-state index contributed by atoms with van der Waals surface area (Å²) >= 11 is 9.36. The molecule has 1 heterocycles. The Morgan fingerprint density at radius 2 is 2.00 bits per heavy atom. The Bertz CT molecular complexity index is 771. The number of anilines is 1.